The summed E-state index contributed by atoms with van der Waals surface area (Å²) in [7, 11) is 1.64. The summed E-state index contributed by atoms with van der Waals surface area (Å²) in [5.41, 5.74) is 2.21. The van der Waals surface area contributed by atoms with Gasteiger partial charge in [0.05, 0.1) is 5.56 Å². The smallest absolute Gasteiger partial charge is 0.295 e. The van der Waals surface area contributed by atoms with E-state index in [1.165, 1.54) is 4.90 Å². The number of carbonyl (C=O) groups is 2. The van der Waals surface area contributed by atoms with Gasteiger partial charge in [0.2, 0.25) is 0 Å². The van der Waals surface area contributed by atoms with Gasteiger partial charge in [-0.15, -0.1) is 0 Å². The third kappa shape index (κ3) is 3.19. The van der Waals surface area contributed by atoms with E-state index in [4.69, 9.17) is 0 Å². The number of aromatic amines is 1. The van der Waals surface area contributed by atoms with Crippen molar-refractivity contribution in [1.29, 1.82) is 0 Å². The number of halogens is 1. The van der Waals surface area contributed by atoms with E-state index < -0.39 is 11.7 Å². The van der Waals surface area contributed by atoms with E-state index >= 15 is 0 Å². The van der Waals surface area contributed by atoms with Crippen LogP contribution in [-0.4, -0.2) is 28.6 Å². The van der Waals surface area contributed by atoms with Gasteiger partial charge in [0.1, 0.15) is 0 Å². The highest BCUT2D eigenvalue weighted by atomic mass is 79.9. The third-order valence-corrected chi connectivity index (χ3v) is 4.19. The van der Waals surface area contributed by atoms with Gasteiger partial charge in [0.15, 0.2) is 0 Å². The zero-order valence-electron chi connectivity index (χ0n) is 12.5. The van der Waals surface area contributed by atoms with Crippen LogP contribution in [-0.2, 0) is 11.3 Å². The molecule has 0 fully saturated rings. The molecule has 116 valence electrons. The predicted molar refractivity (Wildman–Crippen MR) is 93.2 cm³/mol. The number of hydrogen-bond acceptors (Lipinski definition) is 2. The summed E-state index contributed by atoms with van der Waals surface area (Å²) in [6, 6.07) is 15.2. The van der Waals surface area contributed by atoms with Crippen LogP contribution in [0.5, 0.6) is 0 Å². The zero-order valence-corrected chi connectivity index (χ0v) is 14.1. The second-order valence-corrected chi connectivity index (χ2v) is 6.28. The van der Waals surface area contributed by atoms with Crippen LogP contribution < -0.4 is 0 Å². The van der Waals surface area contributed by atoms with Gasteiger partial charge in [-0.05, 0) is 23.8 Å². The van der Waals surface area contributed by atoms with Crippen LogP contribution in [0.2, 0.25) is 0 Å². The van der Waals surface area contributed by atoms with E-state index in [9.17, 15) is 9.59 Å². The van der Waals surface area contributed by atoms with Crippen LogP contribution in [0.1, 0.15) is 15.9 Å². The van der Waals surface area contributed by atoms with Crippen molar-refractivity contribution >= 4 is 38.5 Å². The molecule has 5 heteroatoms. The van der Waals surface area contributed by atoms with Gasteiger partial charge < -0.3 is 9.88 Å². The molecule has 1 heterocycles. The van der Waals surface area contributed by atoms with Gasteiger partial charge in [-0.1, -0.05) is 46.3 Å². The summed E-state index contributed by atoms with van der Waals surface area (Å²) in [4.78, 5) is 29.4. The lowest BCUT2D eigenvalue weighted by atomic mass is 10.1. The van der Waals surface area contributed by atoms with Gasteiger partial charge in [-0.2, -0.15) is 0 Å². The quantitative estimate of drug-likeness (QED) is 0.561. The molecular weight excluding hydrogens is 356 g/mol. The molecule has 0 aliphatic heterocycles. The Hall–Kier alpha value is -2.40. The van der Waals surface area contributed by atoms with Crippen molar-refractivity contribution in [3.05, 3.63) is 70.3 Å². The second kappa shape index (κ2) is 6.38. The number of hydrogen-bond donors (Lipinski definition) is 1. The number of aromatic nitrogens is 1. The number of rotatable bonds is 4. The minimum atomic E-state index is -0.519. The van der Waals surface area contributed by atoms with E-state index in [1.807, 2.05) is 48.5 Å². The maximum Gasteiger partial charge on any atom is 0.295 e. The summed E-state index contributed by atoms with van der Waals surface area (Å²) in [6.45, 7) is 0.400. The van der Waals surface area contributed by atoms with E-state index in [0.29, 0.717) is 12.1 Å². The summed E-state index contributed by atoms with van der Waals surface area (Å²) < 4.78 is 0.865. The number of ketones is 1. The number of amides is 1. The van der Waals surface area contributed by atoms with Crippen LogP contribution in [0.4, 0.5) is 0 Å². The average molecular weight is 371 g/mol. The molecule has 3 rings (SSSR count). The van der Waals surface area contributed by atoms with Gasteiger partial charge in [0.25, 0.3) is 11.7 Å². The molecule has 0 unspecified atom stereocenters. The third-order valence-electron chi connectivity index (χ3n) is 3.69. The first-order chi connectivity index (χ1) is 11.1. The van der Waals surface area contributed by atoms with Crippen molar-refractivity contribution in [2.75, 3.05) is 7.05 Å². The topological polar surface area (TPSA) is 53.2 Å². The van der Waals surface area contributed by atoms with E-state index in [-0.39, 0.29) is 0 Å². The van der Waals surface area contributed by atoms with E-state index in [1.54, 1.807) is 13.2 Å². The molecule has 23 heavy (non-hydrogen) atoms. The Morgan fingerprint density at radius 1 is 1.13 bits per heavy atom. The molecular formula is C18H15BrN2O2. The highest BCUT2D eigenvalue weighted by Gasteiger charge is 2.23. The Morgan fingerprint density at radius 2 is 1.87 bits per heavy atom. The second-order valence-electron chi connectivity index (χ2n) is 5.37. The first kappa shape index (κ1) is 15.5. The lowest BCUT2D eigenvalue weighted by molar-refractivity contribution is -0.125. The van der Waals surface area contributed by atoms with Gasteiger partial charge in [-0.25, -0.2) is 0 Å². The van der Waals surface area contributed by atoms with Crippen LogP contribution in [0.15, 0.2) is 59.2 Å². The van der Waals surface area contributed by atoms with Crippen LogP contribution in [0.25, 0.3) is 10.9 Å². The molecule has 1 N–H and O–H groups in total. The van der Waals surface area contributed by atoms with E-state index in [2.05, 4.69) is 20.9 Å². The van der Waals surface area contributed by atoms with Crippen LogP contribution >= 0.6 is 15.9 Å². The van der Waals surface area contributed by atoms with Gasteiger partial charge in [0, 0.05) is 35.2 Å². The Bertz CT molecular complexity index is 871. The molecule has 0 saturated carbocycles. The lowest BCUT2D eigenvalue weighted by Crippen LogP contribution is -2.32. The predicted octanol–water partition coefficient (Wildman–Crippen LogP) is 3.77. The van der Waals surface area contributed by atoms with E-state index in [0.717, 1.165) is 20.9 Å². The van der Waals surface area contributed by atoms with Crippen LogP contribution in [0.3, 0.4) is 0 Å². The first-order valence-electron chi connectivity index (χ1n) is 7.16. The SMILES string of the molecule is CN(Cc1ccccc1)C(=O)C(=O)c1c[nH]c2ccc(Br)cc12. The molecule has 1 amide bonds. The number of fused-ring (bicyclic) bond motifs is 1. The number of Topliss-reactive ketones (excluding diaryl/α,β-unsaturated/α-hetero) is 1. The van der Waals surface area contributed by atoms with Crippen molar-refractivity contribution in [3.63, 3.8) is 0 Å². The number of likely N-dealkylation sites (N-methyl/N-ethyl adjacent to an activating group) is 1. The highest BCUT2D eigenvalue weighted by Crippen LogP contribution is 2.23. The number of nitrogens with zero attached hydrogens (tertiary/aromatic N) is 1. The molecule has 0 radical (unpaired) electrons. The number of benzene rings is 2. The van der Waals surface area contributed by atoms with Crippen molar-refractivity contribution < 1.29 is 9.59 Å². The molecule has 0 aliphatic rings. The summed E-state index contributed by atoms with van der Waals surface area (Å²) in [5.74, 6) is -1.03. The van der Waals surface area contributed by atoms with Crippen molar-refractivity contribution in [2.45, 2.75) is 6.54 Å². The average Bonchev–Trinajstić information content (AvgIpc) is 2.97. The molecule has 1 aromatic heterocycles. The van der Waals surface area contributed by atoms with Crippen molar-refractivity contribution in [3.8, 4) is 0 Å². The fourth-order valence-corrected chi connectivity index (χ4v) is 2.86. The Kier molecular flexibility index (Phi) is 4.30. The summed E-state index contributed by atoms with van der Waals surface area (Å²) in [5, 5.41) is 0.742. The van der Waals surface area contributed by atoms with Crippen LogP contribution in [0, 0.1) is 0 Å². The summed E-state index contributed by atoms with van der Waals surface area (Å²) >= 11 is 3.39. The molecule has 3 aromatic rings. The Balaban J connectivity index is 1.83. The number of nitrogens with one attached hydrogen (secondary N) is 1. The fourth-order valence-electron chi connectivity index (χ4n) is 2.50. The minimum Gasteiger partial charge on any atom is -0.360 e. The van der Waals surface area contributed by atoms with Gasteiger partial charge in [-0.3, -0.25) is 9.59 Å². The number of carbonyl (C=O) groups excluding carboxylic acids is 2. The normalized spacial score (nSPS) is 10.7. The molecule has 0 atom stereocenters. The summed E-state index contributed by atoms with van der Waals surface area (Å²) in [6.07, 6.45) is 1.59. The number of H-pyrrole nitrogens is 1. The standard InChI is InChI=1S/C18H15BrN2O2/c1-21(11-12-5-3-2-4-6-12)18(23)17(22)15-10-20-16-8-7-13(19)9-14(15)16/h2-10,20H,11H2,1H3. The van der Waals surface area contributed by atoms with Gasteiger partial charge >= 0.3 is 0 Å². The molecule has 0 bridgehead atoms. The zero-order chi connectivity index (χ0) is 16.4. The first-order valence-corrected chi connectivity index (χ1v) is 7.96. The van der Waals surface area contributed by atoms with Crippen molar-refractivity contribution in [2.24, 2.45) is 0 Å². The molecule has 2 aromatic carbocycles. The largest absolute Gasteiger partial charge is 0.360 e. The maximum atomic E-state index is 12.5. The lowest BCUT2D eigenvalue weighted by Gasteiger charge is -2.16. The molecule has 4 nitrogen and oxygen atoms in total. The Labute approximate surface area is 142 Å². The maximum absolute atomic E-state index is 12.5. The highest BCUT2D eigenvalue weighted by molar-refractivity contribution is 9.10. The minimum absolute atomic E-state index is 0.395. The molecule has 0 saturated heterocycles. The molecule has 0 spiro atoms. The molecule has 0 aliphatic carbocycles. The van der Waals surface area contributed by atoms with Crippen molar-refractivity contribution in [1.82, 2.24) is 9.88 Å². The monoisotopic (exact) mass is 370 g/mol. The fraction of sp³-hybridized carbons (Fsp3) is 0.111. The Morgan fingerprint density at radius 3 is 2.61 bits per heavy atom.